The Labute approximate surface area is 353 Å². The van der Waals surface area contributed by atoms with Crippen molar-refractivity contribution in [3.05, 3.63) is 59.8 Å². The normalized spacial score (nSPS) is 36.7. The van der Waals surface area contributed by atoms with Crippen molar-refractivity contribution in [2.75, 3.05) is 19.8 Å². The van der Waals surface area contributed by atoms with E-state index in [4.69, 9.17) is 20.1 Å². The summed E-state index contributed by atoms with van der Waals surface area (Å²) in [6, 6.07) is 0. The van der Waals surface area contributed by atoms with Crippen LogP contribution < -0.4 is 0 Å². The van der Waals surface area contributed by atoms with Gasteiger partial charge < -0.3 is 20.1 Å². The first-order chi connectivity index (χ1) is 17.4. The summed E-state index contributed by atoms with van der Waals surface area (Å²) in [4.78, 5) is 0. The van der Waals surface area contributed by atoms with Crippen LogP contribution in [-0.2, 0) is 4.74 Å². The molecule has 0 aromatic carbocycles. The summed E-state index contributed by atoms with van der Waals surface area (Å²) in [5, 5.41) is 26.6. The Morgan fingerprint density at radius 2 is 1.10 bits per heavy atom. The third-order valence-electron chi connectivity index (χ3n) is 8.87. The predicted octanol–water partition coefficient (Wildman–Crippen LogP) is 6.79. The molecule has 4 nitrogen and oxygen atoms in total. The van der Waals surface area contributed by atoms with E-state index in [2.05, 4.69) is 61.3 Å². The van der Waals surface area contributed by atoms with Crippen molar-refractivity contribution >= 4 is 0 Å². The Bertz CT molecular complexity index is 837. The van der Waals surface area contributed by atoms with Crippen LogP contribution >= 0.6 is 0 Å². The fourth-order valence-electron chi connectivity index (χ4n) is 6.72. The molecule has 1 aliphatic heterocycles. The van der Waals surface area contributed by atoms with Crippen molar-refractivity contribution < 1.29 is 152 Å². The van der Waals surface area contributed by atoms with E-state index in [9.17, 15) is 0 Å². The number of rotatable bonds is 3. The minimum Gasteiger partial charge on any atom is -0.394 e. The second kappa shape index (κ2) is 21.6. The van der Waals surface area contributed by atoms with E-state index in [-0.39, 0.29) is 164 Å². The molecule has 0 aromatic heterocycles. The molecule has 1 spiro atoms. The van der Waals surface area contributed by atoms with Crippen LogP contribution in [0.2, 0.25) is 0 Å². The van der Waals surface area contributed by atoms with Gasteiger partial charge in [-0.05, 0) is 102 Å². The van der Waals surface area contributed by atoms with E-state index >= 15 is 0 Å². The van der Waals surface area contributed by atoms with Gasteiger partial charge in [0.1, 0.15) is 11.7 Å². The molecule has 1 heterocycles. The van der Waals surface area contributed by atoms with E-state index < -0.39 is 0 Å². The molecule has 2 unspecified atom stereocenters. The minimum absolute atomic E-state index is 0. The second-order valence-corrected chi connectivity index (χ2v) is 12.4. The van der Waals surface area contributed by atoms with Crippen LogP contribution in [0.25, 0.3) is 0 Å². The Hall–Kier alpha value is 2.86. The van der Waals surface area contributed by atoms with Gasteiger partial charge in [0.15, 0.2) is 0 Å². The van der Waals surface area contributed by atoms with E-state index in [1.807, 2.05) is 12.2 Å². The quantitative estimate of drug-likeness (QED) is 0.215. The number of aliphatic hydroxyl groups excluding tert-OH is 3. The molecule has 0 bridgehead atoms. The van der Waals surface area contributed by atoms with Gasteiger partial charge in [0.2, 0.25) is 0 Å². The number of ether oxygens (including phenoxy) is 1. The van der Waals surface area contributed by atoms with Crippen LogP contribution in [0, 0.1) is 168 Å². The van der Waals surface area contributed by atoms with Crippen molar-refractivity contribution in [2.24, 2.45) is 35.5 Å². The van der Waals surface area contributed by atoms with Gasteiger partial charge in [0.05, 0.1) is 19.8 Å². The number of hydrogen-bond donors (Lipinski definition) is 3. The maximum atomic E-state index is 9.05. The first kappa shape index (κ1) is 45.0. The molecule has 3 N–H and O–H groups in total. The average molecular weight is 1200 g/mol. The van der Waals surface area contributed by atoms with Gasteiger partial charge in [-0.3, -0.25) is 0 Å². The van der Waals surface area contributed by atoms with Gasteiger partial charge in [-0.1, -0.05) is 73.4 Å². The zero-order valence-electron chi connectivity index (χ0n) is 26.2. The number of hydrogen-bond acceptors (Lipinski definition) is 4. The monoisotopic (exact) mass is 1200 g/mol. The molecule has 7 heteroatoms. The van der Waals surface area contributed by atoms with E-state index in [0.717, 1.165) is 31.1 Å². The molecule has 4 aliphatic rings. The van der Waals surface area contributed by atoms with Crippen LogP contribution in [0.4, 0.5) is 0 Å². The molecule has 0 amide bonds. The van der Waals surface area contributed by atoms with Gasteiger partial charge in [-0.2, -0.15) is 0 Å². The van der Waals surface area contributed by atoms with Crippen LogP contribution in [0.3, 0.4) is 0 Å². The average Bonchev–Trinajstić information content (AvgIpc) is 3.53. The van der Waals surface area contributed by atoms with Gasteiger partial charge in [0, 0.05) is 132 Å². The molecule has 0 aromatic rings. The molecule has 40 heavy (non-hydrogen) atoms. The Morgan fingerprint density at radius 1 is 0.700 bits per heavy atom. The molecule has 219 valence electrons. The number of epoxide rings is 1. The molecular weight excluding hydrogens is 1140 g/mol. The summed E-state index contributed by atoms with van der Waals surface area (Å²) < 4.78 is 5.60. The van der Waals surface area contributed by atoms with Crippen molar-refractivity contribution in [1.82, 2.24) is 0 Å². The Kier molecular flexibility index (Phi) is 24.3. The maximum Gasteiger partial charge on any atom is 0.118 e. The predicted molar refractivity (Wildman–Crippen MR) is 155 cm³/mol. The summed E-state index contributed by atoms with van der Waals surface area (Å²) >= 11 is 0. The topological polar surface area (TPSA) is 73.2 Å². The fraction of sp³-hybridized carbons (Fsp3) is 0.697. The first-order valence-corrected chi connectivity index (χ1v) is 14.4. The standard InChI is InChI=1S/C11H18O2.2C11H18O.3Ac/c1-7-4-8(2)9(3)11(5-7)10(6-12)13-11;2*1-8-6-9(2)10(3)11(7-8)4-5-12;;;/h7-8,10,12H,3-6H2,1-2H3;2*4,8-9,12H,3,5-7H2,1-2H3;;;/b;11-4+;11-4-;;;/t7-,8-,10?,11?;2*8-,9-;;;/m000.../s1. The third-order valence-corrected chi connectivity index (χ3v) is 8.87. The molecule has 8 atom stereocenters. The summed E-state index contributed by atoms with van der Waals surface area (Å²) in [6.07, 6.45) is 10.7. The summed E-state index contributed by atoms with van der Waals surface area (Å²) in [5.74, 6) is 3.89. The van der Waals surface area contributed by atoms with Crippen LogP contribution in [-0.4, -0.2) is 46.8 Å². The minimum atomic E-state index is -0.147. The first-order valence-electron chi connectivity index (χ1n) is 14.4. The summed E-state index contributed by atoms with van der Waals surface area (Å²) in [7, 11) is 0. The van der Waals surface area contributed by atoms with Crippen molar-refractivity contribution in [3.63, 3.8) is 0 Å². The Balaban J connectivity index is 0. The van der Waals surface area contributed by atoms with Crippen molar-refractivity contribution in [1.29, 1.82) is 0 Å². The number of aliphatic hydroxyl groups is 3. The maximum absolute atomic E-state index is 9.05. The number of allylic oxidation sites excluding steroid dienone is 4. The van der Waals surface area contributed by atoms with Crippen LogP contribution in [0.15, 0.2) is 59.8 Å². The van der Waals surface area contributed by atoms with Crippen LogP contribution in [0.5, 0.6) is 0 Å². The summed E-state index contributed by atoms with van der Waals surface area (Å²) in [5.41, 5.74) is 6.03. The molecule has 3 radical (unpaired) electrons. The van der Waals surface area contributed by atoms with Gasteiger partial charge >= 0.3 is 0 Å². The Morgan fingerprint density at radius 3 is 1.45 bits per heavy atom. The zero-order valence-corrected chi connectivity index (χ0v) is 40.4. The third kappa shape index (κ3) is 12.9. The SMILES string of the molecule is C=C1/C(=C/CO)C[C@@H](C)C[C@@H]1C.C=C1/C(=C\CO)C[C@@H](C)C[C@@H]1C.C=C1[C@@H](C)C[C@H](C)CC12OC2CO.[Ac].[Ac].[Ac]. The van der Waals surface area contributed by atoms with Crippen molar-refractivity contribution in [3.8, 4) is 0 Å². The molecular formula is C33H54Ac3O4. The van der Waals surface area contributed by atoms with Gasteiger partial charge in [-0.15, -0.1) is 0 Å². The summed E-state index contributed by atoms with van der Waals surface area (Å²) in [6.45, 7) is 26.0. The van der Waals surface area contributed by atoms with E-state index in [0.29, 0.717) is 23.7 Å². The smallest absolute Gasteiger partial charge is 0.118 e. The molecule has 4 rings (SSSR count). The zero-order chi connectivity index (χ0) is 27.9. The fourth-order valence-corrected chi connectivity index (χ4v) is 6.72. The van der Waals surface area contributed by atoms with Gasteiger partial charge in [-0.25, -0.2) is 0 Å². The second-order valence-electron chi connectivity index (χ2n) is 12.4. The molecule has 3 saturated carbocycles. The molecule has 4 fully saturated rings. The van der Waals surface area contributed by atoms with Gasteiger partial charge in [0.25, 0.3) is 0 Å². The van der Waals surface area contributed by atoms with E-state index in [1.165, 1.54) is 47.1 Å². The van der Waals surface area contributed by atoms with E-state index in [1.54, 1.807) is 0 Å². The largest absolute Gasteiger partial charge is 0.394 e. The van der Waals surface area contributed by atoms with Crippen LogP contribution in [0.1, 0.15) is 80.1 Å². The molecule has 1 saturated heterocycles. The van der Waals surface area contributed by atoms with Crippen molar-refractivity contribution in [2.45, 2.75) is 91.8 Å². The molecule has 3 aliphatic carbocycles.